The van der Waals surface area contributed by atoms with E-state index in [-0.39, 0.29) is 22.1 Å². The van der Waals surface area contributed by atoms with Crippen LogP contribution in [0.25, 0.3) is 12.2 Å². The van der Waals surface area contributed by atoms with Gasteiger partial charge in [-0.2, -0.15) is 16.8 Å². The molecule has 0 heterocycles. The molecule has 124 valence electrons. The summed E-state index contributed by atoms with van der Waals surface area (Å²) >= 11 is 0. The number of fused-ring (bicyclic) bond motifs is 2. The Bertz CT molecular complexity index is 1210. The minimum Gasteiger partial charge on any atom is -0.289 e. The second-order valence-corrected chi connectivity index (χ2v) is 7.78. The Hall–Kier alpha value is -2.40. The van der Waals surface area contributed by atoms with Gasteiger partial charge in [-0.25, -0.2) is 0 Å². The van der Waals surface area contributed by atoms with Gasteiger partial charge in [-0.1, -0.05) is 12.2 Å². The van der Waals surface area contributed by atoms with E-state index in [1.807, 2.05) is 0 Å². The highest BCUT2D eigenvalue weighted by Gasteiger charge is 2.36. The van der Waals surface area contributed by atoms with E-state index >= 15 is 0 Å². The van der Waals surface area contributed by atoms with Crippen molar-refractivity contribution in [1.82, 2.24) is 0 Å². The average Bonchev–Trinajstić information content (AvgIpc) is 2.44. The van der Waals surface area contributed by atoms with Crippen LogP contribution in [0.4, 0.5) is 0 Å². The molecular formula is C14H8O8S2. The van der Waals surface area contributed by atoms with Crippen molar-refractivity contribution in [2.45, 2.75) is 0 Å². The Morgan fingerprint density at radius 2 is 1.46 bits per heavy atom. The third-order valence-corrected chi connectivity index (χ3v) is 5.44. The molecule has 1 aromatic carbocycles. The van der Waals surface area contributed by atoms with E-state index in [9.17, 15) is 35.5 Å². The molecule has 0 bridgehead atoms. The molecule has 0 aliphatic heterocycles. The molecular weight excluding hydrogens is 360 g/mol. The van der Waals surface area contributed by atoms with Crippen LogP contribution in [-0.4, -0.2) is 37.5 Å². The maximum atomic E-state index is 12.4. The largest absolute Gasteiger partial charge is 0.299 e. The highest BCUT2D eigenvalue weighted by atomic mass is 32.2. The van der Waals surface area contributed by atoms with E-state index in [1.165, 1.54) is 30.4 Å². The quantitative estimate of drug-likeness (QED) is 0.645. The zero-order valence-electron chi connectivity index (χ0n) is 11.6. The lowest BCUT2D eigenvalue weighted by Gasteiger charge is -2.14. The molecule has 0 spiro atoms. The Kier molecular flexibility index (Phi) is 3.46. The van der Waals surface area contributed by atoms with Gasteiger partial charge in [0.1, 0.15) is 4.91 Å². The summed E-state index contributed by atoms with van der Waals surface area (Å²) in [6.07, 6.45) is 4.94. The molecule has 2 aliphatic carbocycles. The number of allylic oxidation sites excluding steroid dienone is 4. The summed E-state index contributed by atoms with van der Waals surface area (Å²) in [5.74, 6) is -1.67. The standard InChI is InChI=1S/C14H8O8S2/c15-11-3-1-2-7-4-10-8(5-9(7)11)6-12(23(17,18)19)14(13(10)16)24(20,21)22/h1-6H,(H,17,18,19)(H,20,21,22). The van der Waals surface area contributed by atoms with Crippen LogP contribution in [0.5, 0.6) is 0 Å². The molecule has 8 nitrogen and oxygen atoms in total. The van der Waals surface area contributed by atoms with Crippen molar-refractivity contribution < 1.29 is 35.5 Å². The van der Waals surface area contributed by atoms with Gasteiger partial charge < -0.3 is 0 Å². The molecule has 2 N–H and O–H groups in total. The fourth-order valence-electron chi connectivity index (χ4n) is 2.51. The summed E-state index contributed by atoms with van der Waals surface area (Å²) in [6.45, 7) is 0. The van der Waals surface area contributed by atoms with E-state index in [4.69, 9.17) is 0 Å². The topological polar surface area (TPSA) is 143 Å². The van der Waals surface area contributed by atoms with Crippen molar-refractivity contribution in [2.75, 3.05) is 0 Å². The predicted octanol–water partition coefficient (Wildman–Crippen LogP) is -0.816. The molecule has 0 atom stereocenters. The number of hydrogen-bond donors (Lipinski definition) is 2. The SMILES string of the molecule is O=C1C=CC=c2cc3c(cc21)=CC(S(=O)(=O)O)=C(S(=O)(=O)O)C3=O. The Labute approximate surface area is 135 Å². The molecule has 0 aromatic heterocycles. The monoisotopic (exact) mass is 368 g/mol. The van der Waals surface area contributed by atoms with Crippen LogP contribution in [0.2, 0.25) is 0 Å². The van der Waals surface area contributed by atoms with Crippen LogP contribution < -0.4 is 10.4 Å². The lowest BCUT2D eigenvalue weighted by Crippen LogP contribution is -2.32. The van der Waals surface area contributed by atoms with Gasteiger partial charge in [0.15, 0.2) is 10.7 Å². The Morgan fingerprint density at radius 1 is 0.833 bits per heavy atom. The lowest BCUT2D eigenvalue weighted by atomic mass is 9.95. The number of carbonyl (C=O) groups excluding carboxylic acids is 2. The van der Waals surface area contributed by atoms with Crippen LogP contribution in [-0.2, 0) is 20.2 Å². The smallest absolute Gasteiger partial charge is 0.289 e. The maximum Gasteiger partial charge on any atom is 0.299 e. The van der Waals surface area contributed by atoms with Crippen LogP contribution in [0.1, 0.15) is 20.7 Å². The minimum atomic E-state index is -5.21. The number of rotatable bonds is 2. The first-order valence-electron chi connectivity index (χ1n) is 6.32. The fraction of sp³-hybridized carbons (Fsp3) is 0. The van der Waals surface area contributed by atoms with Crippen LogP contribution in [0.3, 0.4) is 0 Å². The second kappa shape index (κ2) is 5.05. The van der Waals surface area contributed by atoms with Gasteiger partial charge in [0.2, 0.25) is 5.78 Å². The fourth-order valence-corrected chi connectivity index (χ4v) is 4.40. The molecule has 10 heteroatoms. The zero-order chi connectivity index (χ0) is 17.9. The first-order valence-corrected chi connectivity index (χ1v) is 9.20. The van der Waals surface area contributed by atoms with E-state index in [1.54, 1.807) is 0 Å². The summed E-state index contributed by atoms with van der Waals surface area (Å²) in [5.41, 5.74) is -0.0292. The molecule has 0 fully saturated rings. The van der Waals surface area contributed by atoms with E-state index in [2.05, 4.69) is 0 Å². The maximum absolute atomic E-state index is 12.4. The first kappa shape index (κ1) is 16.5. The van der Waals surface area contributed by atoms with Gasteiger partial charge >= 0.3 is 0 Å². The average molecular weight is 368 g/mol. The number of carbonyl (C=O) groups is 2. The van der Waals surface area contributed by atoms with Crippen molar-refractivity contribution in [3.05, 3.63) is 55.7 Å². The highest BCUT2D eigenvalue weighted by molar-refractivity contribution is 7.94. The van der Waals surface area contributed by atoms with Crippen LogP contribution >= 0.6 is 0 Å². The van der Waals surface area contributed by atoms with E-state index < -0.39 is 35.8 Å². The summed E-state index contributed by atoms with van der Waals surface area (Å²) in [6, 6.07) is 2.44. The van der Waals surface area contributed by atoms with E-state index in [0.29, 0.717) is 5.22 Å². The minimum absolute atomic E-state index is 0.0594. The van der Waals surface area contributed by atoms with E-state index in [0.717, 1.165) is 6.08 Å². The Balaban J connectivity index is 2.48. The van der Waals surface area contributed by atoms with Crippen molar-refractivity contribution in [3.8, 4) is 0 Å². The summed E-state index contributed by atoms with van der Waals surface area (Å²) in [5, 5.41) is 0.281. The van der Waals surface area contributed by atoms with Gasteiger partial charge in [-0.3, -0.25) is 18.7 Å². The van der Waals surface area contributed by atoms with Gasteiger partial charge in [-0.05, 0) is 34.7 Å². The molecule has 3 rings (SSSR count). The highest BCUT2D eigenvalue weighted by Crippen LogP contribution is 2.24. The Morgan fingerprint density at radius 3 is 2.04 bits per heavy atom. The molecule has 2 aliphatic rings. The number of ketones is 2. The molecule has 0 saturated carbocycles. The van der Waals surface area contributed by atoms with Gasteiger partial charge in [0, 0.05) is 11.1 Å². The summed E-state index contributed by atoms with van der Waals surface area (Å²) in [7, 11) is -10.3. The number of hydrogen-bond acceptors (Lipinski definition) is 6. The van der Waals surface area contributed by atoms with Gasteiger partial charge in [0.25, 0.3) is 20.2 Å². The third kappa shape index (κ3) is 2.55. The summed E-state index contributed by atoms with van der Waals surface area (Å²) in [4.78, 5) is 21.5. The van der Waals surface area contributed by atoms with Gasteiger partial charge in [0.05, 0.1) is 0 Å². The lowest BCUT2D eigenvalue weighted by molar-refractivity contribution is 0.102. The molecule has 0 saturated heterocycles. The normalized spacial score (nSPS) is 17.1. The van der Waals surface area contributed by atoms with Crippen molar-refractivity contribution in [2.24, 2.45) is 0 Å². The van der Waals surface area contributed by atoms with Crippen molar-refractivity contribution >= 4 is 44.0 Å². The molecule has 1 aromatic rings. The van der Waals surface area contributed by atoms with Crippen molar-refractivity contribution in [1.29, 1.82) is 0 Å². The number of Topliss-reactive ketones (excluding diaryl/α,β-unsaturated/α-hetero) is 1. The molecule has 0 unspecified atom stereocenters. The predicted molar refractivity (Wildman–Crippen MR) is 82.5 cm³/mol. The second-order valence-electron chi connectivity index (χ2n) is 5.03. The zero-order valence-corrected chi connectivity index (χ0v) is 13.3. The molecule has 0 radical (unpaired) electrons. The van der Waals surface area contributed by atoms with Gasteiger partial charge in [-0.15, -0.1) is 0 Å². The molecule has 24 heavy (non-hydrogen) atoms. The van der Waals surface area contributed by atoms with Crippen molar-refractivity contribution in [3.63, 3.8) is 0 Å². The number of benzene rings is 1. The van der Waals surface area contributed by atoms with Crippen LogP contribution in [0, 0.1) is 0 Å². The van der Waals surface area contributed by atoms with Crippen LogP contribution in [0.15, 0.2) is 34.1 Å². The summed E-state index contributed by atoms with van der Waals surface area (Å²) < 4.78 is 64.0. The molecule has 0 amide bonds. The first-order chi connectivity index (χ1) is 11.0. The third-order valence-electron chi connectivity index (χ3n) is 3.51.